The van der Waals surface area contributed by atoms with Crippen LogP contribution in [0.3, 0.4) is 0 Å². The van der Waals surface area contributed by atoms with Crippen molar-refractivity contribution in [3.05, 3.63) is 94.4 Å². The second-order valence-corrected chi connectivity index (χ2v) is 7.25. The second-order valence-electron chi connectivity index (χ2n) is 7.25. The number of hydrogen-bond donors (Lipinski definition) is 0. The molecular formula is C25H22. The molecule has 1 fully saturated rings. The summed E-state index contributed by atoms with van der Waals surface area (Å²) in [7, 11) is 0. The maximum Gasteiger partial charge on any atom is -0.0143 e. The molecule has 0 unspecified atom stereocenters. The van der Waals surface area contributed by atoms with Crippen LogP contribution in [0.25, 0.3) is 22.8 Å². The molecule has 122 valence electrons. The van der Waals surface area contributed by atoms with Gasteiger partial charge in [-0.2, -0.15) is 0 Å². The highest BCUT2D eigenvalue weighted by atomic mass is 14.3. The zero-order valence-corrected chi connectivity index (χ0v) is 14.4. The van der Waals surface area contributed by atoms with Crippen LogP contribution in [0.4, 0.5) is 0 Å². The summed E-state index contributed by atoms with van der Waals surface area (Å²) in [5.74, 6) is 0.765. The monoisotopic (exact) mass is 322 g/mol. The van der Waals surface area contributed by atoms with Crippen molar-refractivity contribution in [2.24, 2.45) is 0 Å². The molecule has 0 heterocycles. The summed E-state index contributed by atoms with van der Waals surface area (Å²) in [6.07, 6.45) is 7.32. The molecule has 5 rings (SSSR count). The van der Waals surface area contributed by atoms with Crippen molar-refractivity contribution in [1.82, 2.24) is 0 Å². The summed E-state index contributed by atoms with van der Waals surface area (Å²) in [6.45, 7) is 0. The third-order valence-corrected chi connectivity index (χ3v) is 5.55. The first kappa shape index (κ1) is 14.7. The second kappa shape index (κ2) is 6.04. The molecule has 2 aliphatic rings. The van der Waals surface area contributed by atoms with E-state index >= 15 is 0 Å². The van der Waals surface area contributed by atoms with Crippen molar-refractivity contribution in [3.8, 4) is 11.1 Å². The lowest BCUT2D eigenvalue weighted by Gasteiger charge is -2.16. The van der Waals surface area contributed by atoms with Crippen LogP contribution >= 0.6 is 0 Å². The SMILES string of the molecule is C1=c2ccccc2=C(c2ccc(C3CC3)c(-c3ccccc3)c2)CC1. The van der Waals surface area contributed by atoms with Gasteiger partial charge >= 0.3 is 0 Å². The molecule has 0 bridgehead atoms. The Bertz CT molecular complexity index is 1040. The molecule has 2 aliphatic carbocycles. The lowest BCUT2D eigenvalue weighted by molar-refractivity contribution is 1.07. The minimum absolute atomic E-state index is 0.765. The van der Waals surface area contributed by atoms with Crippen molar-refractivity contribution in [1.29, 1.82) is 0 Å². The van der Waals surface area contributed by atoms with Gasteiger partial charge < -0.3 is 0 Å². The normalized spacial score (nSPS) is 16.2. The maximum atomic E-state index is 2.44. The van der Waals surface area contributed by atoms with Crippen molar-refractivity contribution < 1.29 is 0 Å². The smallest absolute Gasteiger partial charge is 0.0143 e. The van der Waals surface area contributed by atoms with E-state index in [2.05, 4.69) is 78.9 Å². The zero-order valence-electron chi connectivity index (χ0n) is 14.4. The maximum absolute atomic E-state index is 2.44. The third-order valence-electron chi connectivity index (χ3n) is 5.55. The average Bonchev–Trinajstić information content (AvgIpc) is 3.53. The predicted octanol–water partition coefficient (Wildman–Crippen LogP) is 5.00. The summed E-state index contributed by atoms with van der Waals surface area (Å²) >= 11 is 0. The van der Waals surface area contributed by atoms with E-state index in [1.807, 2.05) is 0 Å². The van der Waals surface area contributed by atoms with Crippen molar-refractivity contribution in [2.45, 2.75) is 31.6 Å². The molecule has 0 spiro atoms. The highest BCUT2D eigenvalue weighted by Gasteiger charge is 2.26. The number of benzene rings is 3. The van der Waals surface area contributed by atoms with E-state index in [9.17, 15) is 0 Å². The molecule has 0 radical (unpaired) electrons. The van der Waals surface area contributed by atoms with Gasteiger partial charge in [-0.1, -0.05) is 72.8 Å². The third kappa shape index (κ3) is 2.72. The minimum atomic E-state index is 0.765. The predicted molar refractivity (Wildman–Crippen MR) is 106 cm³/mol. The van der Waals surface area contributed by atoms with Gasteiger partial charge in [-0.3, -0.25) is 0 Å². The first-order valence-electron chi connectivity index (χ1n) is 9.38. The van der Waals surface area contributed by atoms with Crippen LogP contribution in [0, 0.1) is 0 Å². The first-order chi connectivity index (χ1) is 12.4. The van der Waals surface area contributed by atoms with Crippen LogP contribution in [0.2, 0.25) is 0 Å². The van der Waals surface area contributed by atoms with Gasteiger partial charge in [0.25, 0.3) is 0 Å². The summed E-state index contributed by atoms with van der Waals surface area (Å²) in [6, 6.07) is 26.9. The van der Waals surface area contributed by atoms with Crippen LogP contribution in [0.15, 0.2) is 72.8 Å². The van der Waals surface area contributed by atoms with Crippen LogP contribution in [0.1, 0.15) is 42.7 Å². The van der Waals surface area contributed by atoms with Gasteiger partial charge in [0.1, 0.15) is 0 Å². The summed E-state index contributed by atoms with van der Waals surface area (Å²) in [5.41, 5.74) is 7.20. The van der Waals surface area contributed by atoms with Gasteiger partial charge in [0.05, 0.1) is 0 Å². The Kier molecular flexibility index (Phi) is 3.56. The molecule has 1 saturated carbocycles. The van der Waals surface area contributed by atoms with E-state index < -0.39 is 0 Å². The Morgan fingerprint density at radius 2 is 1.52 bits per heavy atom. The summed E-state index contributed by atoms with van der Waals surface area (Å²) < 4.78 is 0. The number of fused-ring (bicyclic) bond motifs is 1. The minimum Gasteiger partial charge on any atom is -0.0763 e. The Balaban J connectivity index is 1.73. The van der Waals surface area contributed by atoms with Gasteiger partial charge in [-0.15, -0.1) is 0 Å². The van der Waals surface area contributed by atoms with Gasteiger partial charge in [0, 0.05) is 0 Å². The van der Waals surface area contributed by atoms with E-state index in [1.54, 1.807) is 0 Å². The number of rotatable bonds is 3. The summed E-state index contributed by atoms with van der Waals surface area (Å²) in [5, 5.41) is 2.79. The Morgan fingerprint density at radius 1 is 0.720 bits per heavy atom. The van der Waals surface area contributed by atoms with Crippen molar-refractivity contribution >= 4 is 11.6 Å². The highest BCUT2D eigenvalue weighted by Crippen LogP contribution is 2.45. The quantitative estimate of drug-likeness (QED) is 0.636. The van der Waals surface area contributed by atoms with Gasteiger partial charge in [0.15, 0.2) is 0 Å². The zero-order chi connectivity index (χ0) is 16.6. The van der Waals surface area contributed by atoms with E-state index in [4.69, 9.17) is 0 Å². The fraction of sp³-hybridized carbons (Fsp3) is 0.200. The Morgan fingerprint density at radius 3 is 2.36 bits per heavy atom. The highest BCUT2D eigenvalue weighted by molar-refractivity contribution is 5.76. The van der Waals surface area contributed by atoms with Crippen molar-refractivity contribution in [2.75, 3.05) is 0 Å². The molecule has 0 N–H and O–H groups in total. The van der Waals surface area contributed by atoms with Crippen LogP contribution in [-0.4, -0.2) is 0 Å². The fourth-order valence-electron chi connectivity index (χ4n) is 4.12. The molecule has 0 aliphatic heterocycles. The van der Waals surface area contributed by atoms with Crippen LogP contribution in [0.5, 0.6) is 0 Å². The van der Waals surface area contributed by atoms with Gasteiger partial charge in [-0.05, 0) is 75.9 Å². The molecule has 0 saturated heterocycles. The molecule has 0 atom stereocenters. The first-order valence-corrected chi connectivity index (χ1v) is 9.38. The molecular weight excluding hydrogens is 300 g/mol. The lowest BCUT2D eigenvalue weighted by Crippen LogP contribution is -2.29. The van der Waals surface area contributed by atoms with E-state index in [0.717, 1.165) is 18.8 Å². The fourth-order valence-corrected chi connectivity index (χ4v) is 4.12. The van der Waals surface area contributed by atoms with E-state index in [-0.39, 0.29) is 0 Å². The molecule has 25 heavy (non-hydrogen) atoms. The van der Waals surface area contributed by atoms with Gasteiger partial charge in [-0.25, -0.2) is 0 Å². The molecule has 0 heteroatoms. The molecule has 3 aromatic rings. The average molecular weight is 322 g/mol. The molecule has 3 aromatic carbocycles. The van der Waals surface area contributed by atoms with Crippen LogP contribution < -0.4 is 10.4 Å². The van der Waals surface area contributed by atoms with E-state index in [0.29, 0.717) is 0 Å². The number of hydrogen-bond acceptors (Lipinski definition) is 0. The molecule has 0 amide bonds. The van der Waals surface area contributed by atoms with Crippen molar-refractivity contribution in [3.63, 3.8) is 0 Å². The Hall–Kier alpha value is -2.60. The van der Waals surface area contributed by atoms with Gasteiger partial charge in [0.2, 0.25) is 0 Å². The van der Waals surface area contributed by atoms with E-state index in [1.165, 1.54) is 51.1 Å². The molecule has 0 nitrogen and oxygen atoms in total. The standard InChI is InChI=1S/C25H22/c1-2-7-19(8-3-1)25-17-21(15-16-24(25)20-13-14-20)23-12-6-10-18-9-4-5-11-22(18)23/h1-5,7-11,15-17,20H,6,12-14H2. The molecule has 0 aromatic heterocycles. The Labute approximate surface area is 149 Å². The topological polar surface area (TPSA) is 0 Å². The lowest BCUT2D eigenvalue weighted by atomic mass is 9.88. The van der Waals surface area contributed by atoms with Crippen LogP contribution in [-0.2, 0) is 0 Å². The summed E-state index contributed by atoms with van der Waals surface area (Å²) in [4.78, 5) is 0. The largest absolute Gasteiger partial charge is 0.0763 e.